The molecule has 22 heavy (non-hydrogen) atoms. The number of carbonyl (C=O) groups is 1. The van der Waals surface area contributed by atoms with Crippen LogP contribution in [0.5, 0.6) is 0 Å². The van der Waals surface area contributed by atoms with Gasteiger partial charge < -0.3 is 10.6 Å². The highest BCUT2D eigenvalue weighted by Crippen LogP contribution is 2.11. The molecule has 0 aliphatic heterocycles. The highest BCUT2D eigenvalue weighted by molar-refractivity contribution is 6.30. The number of halogens is 1. The van der Waals surface area contributed by atoms with Crippen LogP contribution in [0, 0.1) is 5.92 Å². The number of aromatic nitrogens is 1. The van der Waals surface area contributed by atoms with Crippen LogP contribution in [-0.4, -0.2) is 17.4 Å². The molecule has 1 aromatic heterocycles. The third kappa shape index (κ3) is 5.04. The minimum absolute atomic E-state index is 0.143. The summed E-state index contributed by atoms with van der Waals surface area (Å²) in [7, 11) is 0. The summed E-state index contributed by atoms with van der Waals surface area (Å²) in [6, 6.07) is 9.21. The Morgan fingerprint density at radius 1 is 1.23 bits per heavy atom. The molecule has 2 aromatic rings. The lowest BCUT2D eigenvalue weighted by atomic mass is 10.2. The van der Waals surface area contributed by atoms with Crippen LogP contribution >= 0.6 is 11.6 Å². The van der Waals surface area contributed by atoms with Gasteiger partial charge in [0.1, 0.15) is 0 Å². The van der Waals surface area contributed by atoms with Gasteiger partial charge in [-0.15, -0.1) is 0 Å². The van der Waals surface area contributed by atoms with Crippen molar-refractivity contribution in [1.29, 1.82) is 0 Å². The fraction of sp³-hybridized carbons (Fsp3) is 0.294. The standard InChI is InChI=1S/C17H20ClN3O/c1-12(2)8-20-16-7-14(10-19-11-16)17(22)21-9-13-3-5-15(18)6-4-13/h3-7,10-12,20H,8-9H2,1-2H3,(H,21,22). The molecule has 1 amide bonds. The Kier molecular flexibility index (Phi) is 5.78. The molecule has 116 valence electrons. The predicted octanol–water partition coefficient (Wildman–Crippen LogP) is 3.73. The van der Waals surface area contributed by atoms with E-state index in [4.69, 9.17) is 11.6 Å². The van der Waals surface area contributed by atoms with Gasteiger partial charge in [-0.3, -0.25) is 9.78 Å². The number of nitrogens with zero attached hydrogens (tertiary/aromatic N) is 1. The smallest absolute Gasteiger partial charge is 0.253 e. The topological polar surface area (TPSA) is 54.0 Å². The molecule has 0 radical (unpaired) electrons. The van der Waals surface area contributed by atoms with Crippen LogP contribution in [0.15, 0.2) is 42.7 Å². The number of hydrogen-bond donors (Lipinski definition) is 2. The number of amides is 1. The zero-order valence-electron chi connectivity index (χ0n) is 12.8. The van der Waals surface area contributed by atoms with Crippen molar-refractivity contribution in [1.82, 2.24) is 10.3 Å². The van der Waals surface area contributed by atoms with Crippen LogP contribution in [-0.2, 0) is 6.54 Å². The molecule has 0 spiro atoms. The maximum absolute atomic E-state index is 12.2. The van der Waals surface area contributed by atoms with Crippen molar-refractivity contribution in [2.45, 2.75) is 20.4 Å². The molecule has 2 rings (SSSR count). The second kappa shape index (κ2) is 7.80. The van der Waals surface area contributed by atoms with E-state index in [9.17, 15) is 4.79 Å². The monoisotopic (exact) mass is 317 g/mol. The van der Waals surface area contributed by atoms with Crippen molar-refractivity contribution in [2.75, 3.05) is 11.9 Å². The first-order chi connectivity index (χ1) is 10.5. The van der Waals surface area contributed by atoms with Gasteiger partial charge in [0.2, 0.25) is 0 Å². The normalized spacial score (nSPS) is 10.5. The average molecular weight is 318 g/mol. The summed E-state index contributed by atoms with van der Waals surface area (Å²) in [6.45, 7) is 5.56. The maximum Gasteiger partial charge on any atom is 0.253 e. The van der Waals surface area contributed by atoms with Crippen LogP contribution in [0.3, 0.4) is 0 Å². The van der Waals surface area contributed by atoms with E-state index in [0.717, 1.165) is 17.8 Å². The van der Waals surface area contributed by atoms with E-state index in [0.29, 0.717) is 23.0 Å². The summed E-state index contributed by atoms with van der Waals surface area (Å²) in [5.41, 5.74) is 2.40. The van der Waals surface area contributed by atoms with Gasteiger partial charge in [-0.25, -0.2) is 0 Å². The third-order valence-electron chi connectivity index (χ3n) is 3.08. The van der Waals surface area contributed by atoms with Crippen LogP contribution in [0.1, 0.15) is 29.8 Å². The third-order valence-corrected chi connectivity index (χ3v) is 3.33. The Bertz CT molecular complexity index is 626. The number of rotatable bonds is 6. The van der Waals surface area contributed by atoms with Gasteiger partial charge in [0.05, 0.1) is 11.3 Å². The Balaban J connectivity index is 1.94. The summed E-state index contributed by atoms with van der Waals surface area (Å²) in [6.07, 6.45) is 3.29. The SMILES string of the molecule is CC(C)CNc1cncc(C(=O)NCc2ccc(Cl)cc2)c1. The van der Waals surface area contributed by atoms with Crippen LogP contribution < -0.4 is 10.6 Å². The van der Waals surface area contributed by atoms with Gasteiger partial charge in [-0.2, -0.15) is 0 Å². The molecule has 0 saturated carbocycles. The highest BCUT2D eigenvalue weighted by Gasteiger charge is 2.07. The van der Waals surface area contributed by atoms with E-state index in [-0.39, 0.29) is 5.91 Å². The largest absolute Gasteiger partial charge is 0.384 e. The van der Waals surface area contributed by atoms with E-state index < -0.39 is 0 Å². The fourth-order valence-corrected chi connectivity index (χ4v) is 2.00. The molecule has 1 heterocycles. The minimum Gasteiger partial charge on any atom is -0.384 e. The number of benzene rings is 1. The Hall–Kier alpha value is -2.07. The first-order valence-corrected chi connectivity index (χ1v) is 7.64. The number of pyridine rings is 1. The molecule has 5 heteroatoms. The second-order valence-electron chi connectivity index (χ2n) is 5.55. The van der Waals surface area contributed by atoms with Crippen molar-refractivity contribution in [3.63, 3.8) is 0 Å². The van der Waals surface area contributed by atoms with E-state index in [2.05, 4.69) is 29.5 Å². The lowest BCUT2D eigenvalue weighted by Gasteiger charge is -2.10. The summed E-state index contributed by atoms with van der Waals surface area (Å²) < 4.78 is 0. The molecule has 0 aliphatic carbocycles. The zero-order chi connectivity index (χ0) is 15.9. The average Bonchev–Trinajstić information content (AvgIpc) is 2.52. The van der Waals surface area contributed by atoms with Gasteiger partial charge in [0, 0.05) is 30.5 Å². The van der Waals surface area contributed by atoms with E-state index in [1.54, 1.807) is 24.5 Å². The summed E-state index contributed by atoms with van der Waals surface area (Å²) >= 11 is 5.84. The molecule has 0 unspecified atom stereocenters. The van der Waals surface area contributed by atoms with Crippen molar-refractivity contribution < 1.29 is 4.79 Å². The van der Waals surface area contributed by atoms with E-state index in [1.807, 2.05) is 18.2 Å². The molecule has 4 nitrogen and oxygen atoms in total. The number of hydrogen-bond acceptors (Lipinski definition) is 3. The van der Waals surface area contributed by atoms with Crippen molar-refractivity contribution in [3.8, 4) is 0 Å². The molecule has 0 aliphatic rings. The Morgan fingerprint density at radius 3 is 2.64 bits per heavy atom. The Labute approximate surface area is 135 Å². The van der Waals surface area contributed by atoms with Crippen LogP contribution in [0.4, 0.5) is 5.69 Å². The molecule has 0 bridgehead atoms. The van der Waals surface area contributed by atoms with Gasteiger partial charge in [0.15, 0.2) is 0 Å². The second-order valence-corrected chi connectivity index (χ2v) is 5.98. The first-order valence-electron chi connectivity index (χ1n) is 7.26. The van der Waals surface area contributed by atoms with Gasteiger partial charge in [-0.1, -0.05) is 37.6 Å². The lowest BCUT2D eigenvalue weighted by Crippen LogP contribution is -2.23. The van der Waals surface area contributed by atoms with Gasteiger partial charge in [-0.05, 0) is 29.7 Å². The molecule has 0 fully saturated rings. The predicted molar refractivity (Wildman–Crippen MR) is 90.2 cm³/mol. The fourth-order valence-electron chi connectivity index (χ4n) is 1.87. The number of anilines is 1. The van der Waals surface area contributed by atoms with Crippen molar-refractivity contribution in [3.05, 3.63) is 58.9 Å². The minimum atomic E-state index is -0.143. The highest BCUT2D eigenvalue weighted by atomic mass is 35.5. The van der Waals surface area contributed by atoms with Crippen LogP contribution in [0.25, 0.3) is 0 Å². The molecule has 0 saturated heterocycles. The molecule has 1 aromatic carbocycles. The first kappa shape index (κ1) is 16.3. The Morgan fingerprint density at radius 2 is 1.95 bits per heavy atom. The van der Waals surface area contributed by atoms with Crippen LogP contribution in [0.2, 0.25) is 5.02 Å². The molecule has 0 atom stereocenters. The maximum atomic E-state index is 12.2. The number of carbonyl (C=O) groups excluding carboxylic acids is 1. The quantitative estimate of drug-likeness (QED) is 0.853. The van der Waals surface area contributed by atoms with E-state index >= 15 is 0 Å². The summed E-state index contributed by atoms with van der Waals surface area (Å²) in [5.74, 6) is 0.387. The molecular formula is C17H20ClN3O. The van der Waals surface area contributed by atoms with Crippen molar-refractivity contribution in [2.24, 2.45) is 5.92 Å². The lowest BCUT2D eigenvalue weighted by molar-refractivity contribution is 0.0950. The van der Waals surface area contributed by atoms with E-state index in [1.165, 1.54) is 0 Å². The van der Waals surface area contributed by atoms with Crippen molar-refractivity contribution >= 4 is 23.2 Å². The summed E-state index contributed by atoms with van der Waals surface area (Å²) in [4.78, 5) is 16.3. The molecular weight excluding hydrogens is 298 g/mol. The van der Waals surface area contributed by atoms with Gasteiger partial charge >= 0.3 is 0 Å². The number of nitrogens with one attached hydrogen (secondary N) is 2. The zero-order valence-corrected chi connectivity index (χ0v) is 13.5. The molecule has 2 N–H and O–H groups in total. The summed E-state index contributed by atoms with van der Waals surface area (Å²) in [5, 5.41) is 6.82. The van der Waals surface area contributed by atoms with Gasteiger partial charge in [0.25, 0.3) is 5.91 Å².